The van der Waals surface area contributed by atoms with Crippen LogP contribution in [0.3, 0.4) is 0 Å². The molecule has 0 bridgehead atoms. The highest BCUT2D eigenvalue weighted by atomic mass is 16.2. The van der Waals surface area contributed by atoms with Gasteiger partial charge in [-0.3, -0.25) is 4.79 Å². The lowest BCUT2D eigenvalue weighted by Crippen LogP contribution is -2.32. The normalized spacial score (nSPS) is 21.0. The van der Waals surface area contributed by atoms with E-state index in [0.717, 1.165) is 24.4 Å². The summed E-state index contributed by atoms with van der Waals surface area (Å²) >= 11 is 0. The van der Waals surface area contributed by atoms with Crippen molar-refractivity contribution < 1.29 is 4.79 Å². The van der Waals surface area contributed by atoms with E-state index in [-0.39, 0.29) is 11.9 Å². The van der Waals surface area contributed by atoms with Crippen LogP contribution in [0.5, 0.6) is 0 Å². The predicted molar refractivity (Wildman–Crippen MR) is 58.6 cm³/mol. The molecule has 1 amide bonds. The predicted octanol–water partition coefficient (Wildman–Crippen LogP) is 0.507. The number of nitrogens with zero attached hydrogens (tertiary/aromatic N) is 2. The maximum Gasteiger partial charge on any atom is 0.270 e. The average molecular weight is 207 g/mol. The molecule has 2 heterocycles. The highest BCUT2D eigenvalue weighted by molar-refractivity contribution is 5.93. The zero-order chi connectivity index (χ0) is 11.0. The standard InChI is InChI=1S/C11H17N3O/c1-8-3-4-10(13(8)2)11(15)14-6-5-9(12)7-14/h3-4,9H,5-7,12H2,1-2H3/t9-/m1/s1. The second-order valence-electron chi connectivity index (χ2n) is 4.22. The van der Waals surface area contributed by atoms with Crippen LogP contribution in [0.15, 0.2) is 12.1 Å². The summed E-state index contributed by atoms with van der Waals surface area (Å²) in [4.78, 5) is 13.9. The quantitative estimate of drug-likeness (QED) is 0.729. The highest BCUT2D eigenvalue weighted by Crippen LogP contribution is 2.14. The molecule has 1 fully saturated rings. The lowest BCUT2D eigenvalue weighted by Gasteiger charge is -2.16. The summed E-state index contributed by atoms with van der Waals surface area (Å²) in [5, 5.41) is 0. The molecule has 15 heavy (non-hydrogen) atoms. The van der Waals surface area contributed by atoms with E-state index in [1.54, 1.807) is 0 Å². The number of carbonyl (C=O) groups is 1. The van der Waals surface area contributed by atoms with Crippen molar-refractivity contribution in [3.05, 3.63) is 23.5 Å². The van der Waals surface area contributed by atoms with Gasteiger partial charge in [0.1, 0.15) is 5.69 Å². The third kappa shape index (κ3) is 1.77. The Hall–Kier alpha value is -1.29. The minimum absolute atomic E-state index is 0.0959. The van der Waals surface area contributed by atoms with E-state index in [1.807, 2.05) is 35.6 Å². The van der Waals surface area contributed by atoms with Crippen molar-refractivity contribution in [3.63, 3.8) is 0 Å². The van der Waals surface area contributed by atoms with Crippen molar-refractivity contribution in [3.8, 4) is 0 Å². The third-order valence-corrected chi connectivity index (χ3v) is 3.10. The second kappa shape index (κ2) is 3.70. The molecule has 1 saturated heterocycles. The molecule has 0 radical (unpaired) electrons. The summed E-state index contributed by atoms with van der Waals surface area (Å²) in [6.45, 7) is 3.46. The topological polar surface area (TPSA) is 51.3 Å². The van der Waals surface area contributed by atoms with Crippen LogP contribution >= 0.6 is 0 Å². The molecule has 0 aliphatic carbocycles. The van der Waals surface area contributed by atoms with Gasteiger partial charge in [0.2, 0.25) is 0 Å². The number of hydrogen-bond donors (Lipinski definition) is 1. The van der Waals surface area contributed by atoms with E-state index in [0.29, 0.717) is 6.54 Å². The summed E-state index contributed by atoms with van der Waals surface area (Å²) in [7, 11) is 1.92. The molecule has 0 spiro atoms. The van der Waals surface area contributed by atoms with Crippen molar-refractivity contribution in [2.75, 3.05) is 13.1 Å². The fourth-order valence-corrected chi connectivity index (χ4v) is 1.96. The van der Waals surface area contributed by atoms with Gasteiger partial charge in [-0.15, -0.1) is 0 Å². The fraction of sp³-hybridized carbons (Fsp3) is 0.545. The van der Waals surface area contributed by atoms with Gasteiger partial charge >= 0.3 is 0 Å². The van der Waals surface area contributed by atoms with Gasteiger partial charge in [0.05, 0.1) is 0 Å². The van der Waals surface area contributed by atoms with Gasteiger partial charge in [-0.2, -0.15) is 0 Å². The molecule has 1 aromatic rings. The molecule has 1 aliphatic rings. The van der Waals surface area contributed by atoms with Crippen LogP contribution in [0.4, 0.5) is 0 Å². The maximum absolute atomic E-state index is 12.1. The molecule has 0 saturated carbocycles. The van der Waals surface area contributed by atoms with Crippen LogP contribution in [-0.4, -0.2) is 34.5 Å². The minimum atomic E-state index is 0.0959. The largest absolute Gasteiger partial charge is 0.344 e. The molecule has 0 unspecified atom stereocenters. The Morgan fingerprint density at radius 2 is 2.27 bits per heavy atom. The van der Waals surface area contributed by atoms with Gasteiger partial charge in [0.25, 0.3) is 5.91 Å². The Kier molecular flexibility index (Phi) is 2.52. The first-order valence-electron chi connectivity index (χ1n) is 5.27. The summed E-state index contributed by atoms with van der Waals surface area (Å²) in [5.74, 6) is 0.0959. The second-order valence-corrected chi connectivity index (χ2v) is 4.22. The van der Waals surface area contributed by atoms with Crippen molar-refractivity contribution in [2.45, 2.75) is 19.4 Å². The van der Waals surface area contributed by atoms with Gasteiger partial charge in [0, 0.05) is 31.9 Å². The van der Waals surface area contributed by atoms with Crippen LogP contribution in [0.1, 0.15) is 22.6 Å². The Morgan fingerprint density at radius 3 is 2.73 bits per heavy atom. The molecule has 4 heteroatoms. The molecule has 1 aromatic heterocycles. The first kappa shape index (κ1) is 10.2. The molecule has 2 N–H and O–H groups in total. The monoisotopic (exact) mass is 207 g/mol. The number of amides is 1. The third-order valence-electron chi connectivity index (χ3n) is 3.10. The molecule has 1 aliphatic heterocycles. The number of aryl methyl sites for hydroxylation is 1. The minimum Gasteiger partial charge on any atom is -0.344 e. The summed E-state index contributed by atoms with van der Waals surface area (Å²) < 4.78 is 1.92. The Labute approximate surface area is 89.7 Å². The van der Waals surface area contributed by atoms with Crippen LogP contribution in [-0.2, 0) is 7.05 Å². The number of carbonyl (C=O) groups excluding carboxylic acids is 1. The first-order valence-corrected chi connectivity index (χ1v) is 5.27. The van der Waals surface area contributed by atoms with Crippen molar-refractivity contribution in [1.29, 1.82) is 0 Å². The molecule has 1 atom stereocenters. The molecule has 2 rings (SSSR count). The Bertz CT molecular complexity index is 383. The van der Waals surface area contributed by atoms with E-state index in [4.69, 9.17) is 5.73 Å². The van der Waals surface area contributed by atoms with E-state index in [9.17, 15) is 4.79 Å². The molecular formula is C11H17N3O. The van der Waals surface area contributed by atoms with Crippen LogP contribution in [0.2, 0.25) is 0 Å². The summed E-state index contributed by atoms with van der Waals surface area (Å²) in [6, 6.07) is 3.99. The zero-order valence-corrected chi connectivity index (χ0v) is 9.23. The number of nitrogens with two attached hydrogens (primary N) is 1. The van der Waals surface area contributed by atoms with Crippen molar-refractivity contribution >= 4 is 5.91 Å². The number of hydrogen-bond acceptors (Lipinski definition) is 2. The average Bonchev–Trinajstić information content (AvgIpc) is 2.75. The fourth-order valence-electron chi connectivity index (χ4n) is 1.96. The van der Waals surface area contributed by atoms with E-state index in [2.05, 4.69) is 0 Å². The summed E-state index contributed by atoms with van der Waals surface area (Å²) in [6.07, 6.45) is 0.912. The zero-order valence-electron chi connectivity index (χ0n) is 9.23. The Balaban J connectivity index is 2.18. The SMILES string of the molecule is Cc1ccc(C(=O)N2CC[C@@H](N)C2)n1C. The van der Waals surface area contributed by atoms with E-state index in [1.165, 1.54) is 0 Å². The Morgan fingerprint density at radius 1 is 1.53 bits per heavy atom. The molecule has 0 aromatic carbocycles. The van der Waals surface area contributed by atoms with Crippen LogP contribution in [0.25, 0.3) is 0 Å². The number of aromatic nitrogens is 1. The molecule has 4 nitrogen and oxygen atoms in total. The van der Waals surface area contributed by atoms with Gasteiger partial charge in [-0.05, 0) is 25.5 Å². The summed E-state index contributed by atoms with van der Waals surface area (Å²) in [5.41, 5.74) is 7.63. The van der Waals surface area contributed by atoms with Gasteiger partial charge in [-0.25, -0.2) is 0 Å². The number of likely N-dealkylation sites (tertiary alicyclic amines) is 1. The van der Waals surface area contributed by atoms with Crippen molar-refractivity contribution in [2.24, 2.45) is 12.8 Å². The lowest BCUT2D eigenvalue weighted by atomic mass is 10.3. The smallest absolute Gasteiger partial charge is 0.270 e. The van der Waals surface area contributed by atoms with Gasteiger partial charge in [0.15, 0.2) is 0 Å². The van der Waals surface area contributed by atoms with Gasteiger partial charge in [-0.1, -0.05) is 0 Å². The molecule has 82 valence electrons. The lowest BCUT2D eigenvalue weighted by molar-refractivity contribution is 0.0781. The van der Waals surface area contributed by atoms with Crippen LogP contribution in [0, 0.1) is 6.92 Å². The highest BCUT2D eigenvalue weighted by Gasteiger charge is 2.25. The van der Waals surface area contributed by atoms with Crippen LogP contribution < -0.4 is 5.73 Å². The number of rotatable bonds is 1. The first-order chi connectivity index (χ1) is 7.09. The maximum atomic E-state index is 12.1. The van der Waals surface area contributed by atoms with Gasteiger partial charge < -0.3 is 15.2 Å². The molecular weight excluding hydrogens is 190 g/mol. The van der Waals surface area contributed by atoms with E-state index < -0.39 is 0 Å². The van der Waals surface area contributed by atoms with E-state index >= 15 is 0 Å². The van der Waals surface area contributed by atoms with Crippen molar-refractivity contribution in [1.82, 2.24) is 9.47 Å².